The molecule has 4 rings (SSSR count). The normalized spacial score (nSPS) is 19.0. The molecule has 1 atom stereocenters. The third kappa shape index (κ3) is 2.84. The SMILES string of the molecule is COc1ccccc1C(=O)N1CC2=CN(c3nccc(C)n3)CC2C1. The maximum atomic E-state index is 12.8. The van der Waals surface area contributed by atoms with Gasteiger partial charge in [0.25, 0.3) is 5.91 Å². The Morgan fingerprint density at radius 3 is 2.84 bits per heavy atom. The number of fused-ring (bicyclic) bond motifs is 1. The van der Waals surface area contributed by atoms with E-state index < -0.39 is 0 Å². The number of nitrogens with zero attached hydrogens (tertiary/aromatic N) is 4. The first kappa shape index (κ1) is 15.6. The largest absolute Gasteiger partial charge is 0.496 e. The number of aryl methyl sites for hydroxylation is 1. The van der Waals surface area contributed by atoms with Crippen molar-refractivity contribution in [1.82, 2.24) is 14.9 Å². The number of benzene rings is 1. The number of rotatable bonds is 3. The van der Waals surface area contributed by atoms with E-state index in [1.165, 1.54) is 5.57 Å². The Morgan fingerprint density at radius 2 is 2.08 bits per heavy atom. The minimum atomic E-state index is 0.0195. The quantitative estimate of drug-likeness (QED) is 0.860. The van der Waals surface area contributed by atoms with Gasteiger partial charge in [0, 0.05) is 43.6 Å². The van der Waals surface area contributed by atoms with Gasteiger partial charge in [0.15, 0.2) is 0 Å². The van der Waals surface area contributed by atoms with E-state index in [1.54, 1.807) is 13.3 Å². The predicted molar refractivity (Wildman–Crippen MR) is 94.6 cm³/mol. The summed E-state index contributed by atoms with van der Waals surface area (Å²) in [6.45, 7) is 4.13. The van der Waals surface area contributed by atoms with Gasteiger partial charge in [-0.25, -0.2) is 9.97 Å². The second-order valence-corrected chi connectivity index (χ2v) is 6.44. The molecule has 0 aliphatic carbocycles. The molecule has 2 aromatic rings. The van der Waals surface area contributed by atoms with Crippen molar-refractivity contribution in [2.75, 3.05) is 31.6 Å². The molecule has 1 aromatic heterocycles. The molecule has 0 spiro atoms. The molecule has 3 heterocycles. The van der Waals surface area contributed by atoms with Crippen molar-refractivity contribution in [3.63, 3.8) is 0 Å². The van der Waals surface area contributed by atoms with Crippen molar-refractivity contribution >= 4 is 11.9 Å². The summed E-state index contributed by atoms with van der Waals surface area (Å²) < 4.78 is 5.32. The highest BCUT2D eigenvalue weighted by Gasteiger charge is 2.37. The summed E-state index contributed by atoms with van der Waals surface area (Å²) in [4.78, 5) is 25.6. The standard InChI is InChI=1S/C19H20N4O2/c1-13-7-8-20-19(21-13)23-11-14-9-22(10-15(14)12-23)18(24)16-5-3-4-6-17(16)25-2/h3-8,11,15H,9-10,12H2,1-2H3. The lowest BCUT2D eigenvalue weighted by molar-refractivity contribution is 0.0785. The number of hydrogen-bond acceptors (Lipinski definition) is 5. The lowest BCUT2D eigenvalue weighted by atomic mass is 10.1. The van der Waals surface area contributed by atoms with Gasteiger partial charge in [-0.05, 0) is 30.7 Å². The van der Waals surface area contributed by atoms with Crippen LogP contribution in [0.4, 0.5) is 5.95 Å². The number of amides is 1. The summed E-state index contributed by atoms with van der Waals surface area (Å²) in [5, 5.41) is 0. The van der Waals surface area contributed by atoms with E-state index in [0.29, 0.717) is 30.3 Å². The van der Waals surface area contributed by atoms with Crippen molar-refractivity contribution in [3.05, 3.63) is 59.6 Å². The molecule has 2 aliphatic rings. The monoisotopic (exact) mass is 336 g/mol. The molecular weight excluding hydrogens is 316 g/mol. The molecule has 0 bridgehead atoms. The van der Waals surface area contributed by atoms with Gasteiger partial charge in [-0.1, -0.05) is 12.1 Å². The van der Waals surface area contributed by atoms with E-state index in [1.807, 2.05) is 42.2 Å². The van der Waals surface area contributed by atoms with Crippen LogP contribution >= 0.6 is 0 Å². The predicted octanol–water partition coefficient (Wildman–Crippen LogP) is 2.27. The van der Waals surface area contributed by atoms with Gasteiger partial charge in [-0.2, -0.15) is 0 Å². The van der Waals surface area contributed by atoms with Gasteiger partial charge < -0.3 is 14.5 Å². The van der Waals surface area contributed by atoms with Crippen LogP contribution in [-0.4, -0.2) is 47.5 Å². The molecule has 25 heavy (non-hydrogen) atoms. The third-order valence-electron chi connectivity index (χ3n) is 4.74. The molecule has 1 fully saturated rings. The second-order valence-electron chi connectivity index (χ2n) is 6.44. The first-order valence-electron chi connectivity index (χ1n) is 8.35. The first-order chi connectivity index (χ1) is 12.2. The molecule has 6 heteroatoms. The summed E-state index contributed by atoms with van der Waals surface area (Å²) in [5.41, 5.74) is 2.83. The Kier molecular flexibility index (Phi) is 3.87. The maximum absolute atomic E-state index is 12.8. The van der Waals surface area contributed by atoms with Crippen molar-refractivity contribution in [2.24, 2.45) is 5.92 Å². The molecule has 0 saturated carbocycles. The fourth-order valence-corrected chi connectivity index (χ4v) is 3.47. The van der Waals surface area contributed by atoms with Crippen LogP contribution in [0.3, 0.4) is 0 Å². The number of anilines is 1. The number of ether oxygens (including phenoxy) is 1. The van der Waals surface area contributed by atoms with Crippen LogP contribution in [0.15, 0.2) is 48.3 Å². The lowest BCUT2D eigenvalue weighted by Gasteiger charge is -2.20. The number of para-hydroxylation sites is 1. The highest BCUT2D eigenvalue weighted by atomic mass is 16.5. The first-order valence-corrected chi connectivity index (χ1v) is 8.35. The molecule has 0 N–H and O–H groups in total. The van der Waals surface area contributed by atoms with Crippen LogP contribution in [0.5, 0.6) is 5.75 Å². The van der Waals surface area contributed by atoms with Crippen LogP contribution < -0.4 is 9.64 Å². The topological polar surface area (TPSA) is 58.6 Å². The van der Waals surface area contributed by atoms with E-state index in [9.17, 15) is 4.79 Å². The molecule has 2 aliphatic heterocycles. The van der Waals surface area contributed by atoms with Gasteiger partial charge in [0.2, 0.25) is 5.95 Å². The van der Waals surface area contributed by atoms with E-state index in [-0.39, 0.29) is 5.91 Å². The molecule has 1 unspecified atom stereocenters. The zero-order valence-corrected chi connectivity index (χ0v) is 14.3. The van der Waals surface area contributed by atoms with Crippen LogP contribution in [-0.2, 0) is 0 Å². The van der Waals surface area contributed by atoms with Gasteiger partial charge >= 0.3 is 0 Å². The minimum Gasteiger partial charge on any atom is -0.496 e. The van der Waals surface area contributed by atoms with Crippen molar-refractivity contribution in [3.8, 4) is 5.75 Å². The molecule has 1 aromatic carbocycles. The van der Waals surface area contributed by atoms with E-state index in [4.69, 9.17) is 4.74 Å². The summed E-state index contributed by atoms with van der Waals surface area (Å²) in [5.74, 6) is 1.70. The fourth-order valence-electron chi connectivity index (χ4n) is 3.47. The number of methoxy groups -OCH3 is 1. The lowest BCUT2D eigenvalue weighted by Crippen LogP contribution is -2.31. The fraction of sp³-hybridized carbons (Fsp3) is 0.316. The van der Waals surface area contributed by atoms with E-state index in [0.717, 1.165) is 18.2 Å². The van der Waals surface area contributed by atoms with Crippen molar-refractivity contribution in [1.29, 1.82) is 0 Å². The number of carbonyl (C=O) groups excluding carboxylic acids is 1. The summed E-state index contributed by atoms with van der Waals surface area (Å²) in [6, 6.07) is 9.26. The number of carbonyl (C=O) groups is 1. The van der Waals surface area contributed by atoms with Gasteiger partial charge in [0.05, 0.1) is 12.7 Å². The average Bonchev–Trinajstić information content (AvgIpc) is 3.20. The number of aromatic nitrogens is 2. The summed E-state index contributed by atoms with van der Waals surface area (Å²) in [6.07, 6.45) is 3.87. The highest BCUT2D eigenvalue weighted by Crippen LogP contribution is 2.33. The molecule has 1 amide bonds. The molecule has 128 valence electrons. The maximum Gasteiger partial charge on any atom is 0.257 e. The molecule has 6 nitrogen and oxygen atoms in total. The van der Waals surface area contributed by atoms with Gasteiger partial charge in [0.1, 0.15) is 5.75 Å². The Balaban J connectivity index is 1.51. The zero-order valence-electron chi connectivity index (χ0n) is 14.3. The molecule has 0 radical (unpaired) electrons. The Labute approximate surface area is 146 Å². The smallest absolute Gasteiger partial charge is 0.257 e. The Morgan fingerprint density at radius 1 is 1.24 bits per heavy atom. The minimum absolute atomic E-state index is 0.0195. The Bertz CT molecular complexity index is 849. The van der Waals surface area contributed by atoms with Crippen LogP contribution in [0.2, 0.25) is 0 Å². The van der Waals surface area contributed by atoms with Gasteiger partial charge in [-0.15, -0.1) is 0 Å². The zero-order chi connectivity index (χ0) is 17.4. The van der Waals surface area contributed by atoms with Crippen molar-refractivity contribution < 1.29 is 9.53 Å². The van der Waals surface area contributed by atoms with Gasteiger partial charge in [-0.3, -0.25) is 4.79 Å². The molecular formula is C19H20N4O2. The third-order valence-corrected chi connectivity index (χ3v) is 4.74. The summed E-state index contributed by atoms with van der Waals surface area (Å²) >= 11 is 0. The van der Waals surface area contributed by atoms with Crippen molar-refractivity contribution in [2.45, 2.75) is 6.92 Å². The average molecular weight is 336 g/mol. The van der Waals surface area contributed by atoms with E-state index >= 15 is 0 Å². The number of hydrogen-bond donors (Lipinski definition) is 0. The van der Waals surface area contributed by atoms with Crippen LogP contribution in [0, 0.1) is 12.8 Å². The van der Waals surface area contributed by atoms with Crippen LogP contribution in [0.1, 0.15) is 16.1 Å². The Hall–Kier alpha value is -2.89. The second kappa shape index (κ2) is 6.20. The highest BCUT2D eigenvalue weighted by molar-refractivity contribution is 5.97. The summed E-state index contributed by atoms with van der Waals surface area (Å²) in [7, 11) is 1.59. The number of likely N-dealkylation sites (tertiary alicyclic amines) is 1. The van der Waals surface area contributed by atoms with E-state index in [2.05, 4.69) is 21.1 Å². The molecule has 1 saturated heterocycles. The van der Waals surface area contributed by atoms with Crippen LogP contribution in [0.25, 0.3) is 0 Å².